The first kappa shape index (κ1) is 22.6. The van der Waals surface area contributed by atoms with Crippen LogP contribution in [0.3, 0.4) is 0 Å². The number of thioether (sulfide) groups is 1. The quantitative estimate of drug-likeness (QED) is 0.532. The van der Waals surface area contributed by atoms with Crippen LogP contribution < -0.4 is 5.32 Å². The maximum absolute atomic E-state index is 12.9. The molecule has 0 radical (unpaired) electrons. The zero-order valence-corrected chi connectivity index (χ0v) is 18.7. The second kappa shape index (κ2) is 9.09. The van der Waals surface area contributed by atoms with Gasteiger partial charge in [0.1, 0.15) is 0 Å². The molecular weight excluding hydrogens is 439 g/mol. The minimum atomic E-state index is -4.64. The zero-order chi connectivity index (χ0) is 22.9. The number of aryl methyl sites for hydroxylation is 2. The van der Waals surface area contributed by atoms with E-state index in [0.29, 0.717) is 28.6 Å². The summed E-state index contributed by atoms with van der Waals surface area (Å²) in [5.74, 6) is -1.50. The molecule has 0 aliphatic heterocycles. The van der Waals surface area contributed by atoms with Crippen LogP contribution in [-0.2, 0) is 17.4 Å². The van der Waals surface area contributed by atoms with E-state index in [2.05, 4.69) is 20.4 Å². The lowest BCUT2D eigenvalue weighted by atomic mass is 10.1. The van der Waals surface area contributed by atoms with Crippen LogP contribution in [-0.4, -0.2) is 30.7 Å². The van der Waals surface area contributed by atoms with Crippen LogP contribution in [0.1, 0.15) is 54.9 Å². The molecule has 1 aliphatic carbocycles. The molecule has 0 saturated heterocycles. The van der Waals surface area contributed by atoms with Crippen molar-refractivity contribution in [3.8, 4) is 0 Å². The van der Waals surface area contributed by atoms with Gasteiger partial charge in [0.2, 0.25) is 5.91 Å². The fraction of sp³-hybridized carbons (Fsp3) is 0.455. The molecule has 1 fully saturated rings. The van der Waals surface area contributed by atoms with E-state index in [1.54, 1.807) is 13.8 Å². The minimum Gasteiger partial charge on any atom is -0.326 e. The molecule has 2 heterocycles. The predicted molar refractivity (Wildman–Crippen MR) is 117 cm³/mol. The van der Waals surface area contributed by atoms with Gasteiger partial charge in [-0.15, -0.1) is 16.9 Å². The second-order valence-corrected chi connectivity index (χ2v) is 9.38. The molecule has 10 heteroatoms. The monoisotopic (exact) mass is 463 g/mol. The maximum atomic E-state index is 12.9. The summed E-state index contributed by atoms with van der Waals surface area (Å²) in [6.07, 6.45) is 0.988. The molecule has 1 aliphatic rings. The van der Waals surface area contributed by atoms with Crippen molar-refractivity contribution in [2.24, 2.45) is 0 Å². The number of fused-ring (bicyclic) bond motifs is 1. The number of alkyl halides is 3. The number of carbonyl (C=O) groups excluding carboxylic acids is 1. The van der Waals surface area contributed by atoms with Crippen molar-refractivity contribution in [1.82, 2.24) is 19.6 Å². The summed E-state index contributed by atoms with van der Waals surface area (Å²) in [6.45, 7) is 3.35. The molecule has 0 atom stereocenters. The summed E-state index contributed by atoms with van der Waals surface area (Å²) in [7, 11) is 0. The van der Waals surface area contributed by atoms with Crippen LogP contribution in [0.4, 0.5) is 18.9 Å². The Hall–Kier alpha value is -2.62. The molecule has 1 aromatic carbocycles. The molecule has 0 bridgehead atoms. The van der Waals surface area contributed by atoms with Crippen LogP contribution in [0.25, 0.3) is 5.78 Å². The molecule has 6 nitrogen and oxygen atoms in total. The van der Waals surface area contributed by atoms with Crippen LogP contribution in [0.15, 0.2) is 29.2 Å². The first-order valence-corrected chi connectivity index (χ1v) is 11.5. The summed E-state index contributed by atoms with van der Waals surface area (Å²) in [6, 6.07) is 7.84. The van der Waals surface area contributed by atoms with Gasteiger partial charge in [0, 0.05) is 33.6 Å². The lowest BCUT2D eigenvalue weighted by Gasteiger charge is -2.11. The molecule has 1 saturated carbocycles. The molecule has 3 aromatic rings. The highest BCUT2D eigenvalue weighted by Crippen LogP contribution is 2.35. The first-order chi connectivity index (χ1) is 15.2. The highest BCUT2D eigenvalue weighted by molar-refractivity contribution is 8.00. The van der Waals surface area contributed by atoms with Crippen molar-refractivity contribution in [2.75, 3.05) is 5.32 Å². The van der Waals surface area contributed by atoms with E-state index in [0.717, 1.165) is 10.2 Å². The molecule has 170 valence electrons. The van der Waals surface area contributed by atoms with Gasteiger partial charge in [-0.1, -0.05) is 12.8 Å². The van der Waals surface area contributed by atoms with Crippen LogP contribution >= 0.6 is 11.8 Å². The Kier molecular flexibility index (Phi) is 6.41. The van der Waals surface area contributed by atoms with Crippen LogP contribution in [0.5, 0.6) is 0 Å². The minimum absolute atomic E-state index is 0.101. The topological polar surface area (TPSA) is 72.2 Å². The number of halogens is 3. The van der Waals surface area contributed by atoms with Gasteiger partial charge in [-0.3, -0.25) is 4.79 Å². The van der Waals surface area contributed by atoms with Crippen molar-refractivity contribution in [2.45, 2.75) is 68.7 Å². The number of hydrogen-bond acceptors (Lipinski definition) is 5. The van der Waals surface area contributed by atoms with E-state index in [-0.39, 0.29) is 18.1 Å². The van der Waals surface area contributed by atoms with E-state index in [1.807, 2.05) is 36.0 Å². The maximum Gasteiger partial charge on any atom is 0.453 e. The Labute approximate surface area is 188 Å². The van der Waals surface area contributed by atoms with Gasteiger partial charge in [-0.2, -0.15) is 18.2 Å². The normalized spacial score (nSPS) is 14.9. The first-order valence-electron chi connectivity index (χ1n) is 10.6. The SMILES string of the molecule is Cc1nc2nc(C(F)(F)F)nn2c(C)c1CCC(=O)Nc1ccc(SC2CCCC2)cc1. The van der Waals surface area contributed by atoms with Gasteiger partial charge in [-0.25, -0.2) is 9.50 Å². The molecule has 4 rings (SSSR count). The Balaban J connectivity index is 1.39. The average molecular weight is 464 g/mol. The lowest BCUT2D eigenvalue weighted by molar-refractivity contribution is -0.144. The van der Waals surface area contributed by atoms with Crippen molar-refractivity contribution >= 4 is 29.1 Å². The third kappa shape index (κ3) is 5.06. The van der Waals surface area contributed by atoms with Crippen molar-refractivity contribution in [1.29, 1.82) is 0 Å². The largest absolute Gasteiger partial charge is 0.453 e. The van der Waals surface area contributed by atoms with E-state index >= 15 is 0 Å². The highest BCUT2D eigenvalue weighted by Gasteiger charge is 2.37. The lowest BCUT2D eigenvalue weighted by Crippen LogP contribution is -2.14. The number of aromatic nitrogens is 4. The molecular formula is C22H24F3N5OS. The standard InChI is InChI=1S/C22H24F3N5OS/c1-13-18(14(2)30-21(26-13)28-20(29-30)22(23,24)25)11-12-19(31)27-15-7-9-17(10-8-15)32-16-5-3-4-6-16/h7-10,16H,3-6,11-12H2,1-2H3,(H,27,31). The Bertz CT molecular complexity index is 1120. The van der Waals surface area contributed by atoms with Gasteiger partial charge in [0.05, 0.1) is 0 Å². The third-order valence-electron chi connectivity index (χ3n) is 5.65. The predicted octanol–water partition coefficient (Wildman–Crippen LogP) is 5.37. The number of hydrogen-bond donors (Lipinski definition) is 1. The summed E-state index contributed by atoms with van der Waals surface area (Å²) >= 11 is 1.89. The van der Waals surface area contributed by atoms with Crippen molar-refractivity contribution in [3.63, 3.8) is 0 Å². The summed E-state index contributed by atoms with van der Waals surface area (Å²) in [5, 5.41) is 7.11. The summed E-state index contributed by atoms with van der Waals surface area (Å²) < 4.78 is 39.9. The van der Waals surface area contributed by atoms with E-state index in [4.69, 9.17) is 0 Å². The van der Waals surface area contributed by atoms with Crippen molar-refractivity contribution in [3.05, 3.63) is 47.0 Å². The van der Waals surface area contributed by atoms with E-state index < -0.39 is 12.0 Å². The summed E-state index contributed by atoms with van der Waals surface area (Å²) in [4.78, 5) is 21.3. The number of amides is 1. The fourth-order valence-electron chi connectivity index (χ4n) is 3.97. The number of nitrogens with zero attached hydrogens (tertiary/aromatic N) is 4. The number of benzene rings is 1. The van der Waals surface area contributed by atoms with Crippen LogP contribution in [0.2, 0.25) is 0 Å². The van der Waals surface area contributed by atoms with Gasteiger partial charge >= 0.3 is 6.18 Å². The fourth-order valence-corrected chi connectivity index (χ4v) is 5.21. The summed E-state index contributed by atoms with van der Waals surface area (Å²) in [5.41, 5.74) is 2.45. The molecule has 1 N–H and O–H groups in total. The molecule has 32 heavy (non-hydrogen) atoms. The van der Waals surface area contributed by atoms with Gasteiger partial charge in [-0.05, 0) is 62.9 Å². The van der Waals surface area contributed by atoms with E-state index in [1.165, 1.54) is 30.6 Å². The Morgan fingerprint density at radius 1 is 1.16 bits per heavy atom. The van der Waals surface area contributed by atoms with Crippen LogP contribution in [0, 0.1) is 13.8 Å². The number of rotatable bonds is 6. The number of carbonyl (C=O) groups is 1. The Morgan fingerprint density at radius 2 is 1.84 bits per heavy atom. The van der Waals surface area contributed by atoms with Crippen molar-refractivity contribution < 1.29 is 18.0 Å². The smallest absolute Gasteiger partial charge is 0.326 e. The molecule has 0 spiro atoms. The number of anilines is 1. The van der Waals surface area contributed by atoms with Gasteiger partial charge < -0.3 is 5.32 Å². The third-order valence-corrected chi connectivity index (χ3v) is 7.00. The molecule has 2 aromatic heterocycles. The Morgan fingerprint density at radius 3 is 2.50 bits per heavy atom. The molecule has 0 unspecified atom stereocenters. The second-order valence-electron chi connectivity index (χ2n) is 8.00. The van der Waals surface area contributed by atoms with E-state index in [9.17, 15) is 18.0 Å². The number of nitrogens with one attached hydrogen (secondary N) is 1. The highest BCUT2D eigenvalue weighted by atomic mass is 32.2. The molecule has 1 amide bonds. The van der Waals surface area contributed by atoms with Gasteiger partial charge in [0.15, 0.2) is 0 Å². The zero-order valence-electron chi connectivity index (χ0n) is 17.9. The average Bonchev–Trinajstić information content (AvgIpc) is 3.39. The van der Waals surface area contributed by atoms with Gasteiger partial charge in [0.25, 0.3) is 11.6 Å².